The van der Waals surface area contributed by atoms with Gasteiger partial charge < -0.3 is 9.47 Å². The Bertz CT molecular complexity index is 292. The highest BCUT2D eigenvalue weighted by atomic mass is 16.5. The van der Waals surface area contributed by atoms with Gasteiger partial charge in [-0.25, -0.2) is 9.59 Å². The molecule has 0 N–H and O–H groups in total. The maximum Gasteiger partial charge on any atom is 0.331 e. The second-order valence-electron chi connectivity index (χ2n) is 4.98. The largest absolute Gasteiger partial charge is 0.462 e. The average molecular weight is 256 g/mol. The zero-order valence-corrected chi connectivity index (χ0v) is 11.9. The molecule has 0 fully saturated rings. The van der Waals surface area contributed by atoms with Gasteiger partial charge in [0.2, 0.25) is 0 Å². The standard InChI is InChI=1S/C14H24O4/c1-6-12(11(4)5)18-14(16)8-7-13(15)17-9-10(2)3/h7-8,10-12H,6,9H2,1-5H3/b8-7+. The summed E-state index contributed by atoms with van der Waals surface area (Å²) in [6.45, 7) is 10.2. The van der Waals surface area contributed by atoms with Crippen LogP contribution in [0.1, 0.15) is 41.0 Å². The third-order valence-corrected chi connectivity index (χ3v) is 2.33. The van der Waals surface area contributed by atoms with Crippen molar-refractivity contribution in [3.63, 3.8) is 0 Å². The topological polar surface area (TPSA) is 52.6 Å². The van der Waals surface area contributed by atoms with Gasteiger partial charge in [-0.15, -0.1) is 0 Å². The van der Waals surface area contributed by atoms with Crippen molar-refractivity contribution in [3.05, 3.63) is 12.2 Å². The first-order chi connectivity index (χ1) is 8.36. The van der Waals surface area contributed by atoms with E-state index in [2.05, 4.69) is 0 Å². The van der Waals surface area contributed by atoms with Crippen molar-refractivity contribution in [2.75, 3.05) is 6.61 Å². The molecule has 0 aliphatic rings. The van der Waals surface area contributed by atoms with Crippen molar-refractivity contribution in [2.45, 2.75) is 47.1 Å². The van der Waals surface area contributed by atoms with E-state index in [1.807, 2.05) is 34.6 Å². The van der Waals surface area contributed by atoms with E-state index < -0.39 is 11.9 Å². The second kappa shape index (κ2) is 8.72. The van der Waals surface area contributed by atoms with E-state index in [0.717, 1.165) is 18.6 Å². The molecule has 0 aromatic carbocycles. The summed E-state index contributed by atoms with van der Waals surface area (Å²) in [5.41, 5.74) is 0. The smallest absolute Gasteiger partial charge is 0.331 e. The van der Waals surface area contributed by atoms with Crippen molar-refractivity contribution in [2.24, 2.45) is 11.8 Å². The molecule has 1 atom stereocenters. The predicted octanol–water partition coefficient (Wildman–Crippen LogP) is 2.72. The molecule has 0 bridgehead atoms. The maximum atomic E-state index is 11.4. The van der Waals surface area contributed by atoms with Crippen molar-refractivity contribution >= 4 is 11.9 Å². The van der Waals surface area contributed by atoms with E-state index in [9.17, 15) is 9.59 Å². The number of esters is 2. The Kier molecular flexibility index (Phi) is 8.08. The zero-order valence-electron chi connectivity index (χ0n) is 11.9. The molecular formula is C14H24O4. The van der Waals surface area contributed by atoms with Crippen LogP contribution < -0.4 is 0 Å². The van der Waals surface area contributed by atoms with Crippen LogP contribution in [-0.4, -0.2) is 24.6 Å². The summed E-state index contributed by atoms with van der Waals surface area (Å²) < 4.78 is 10.1. The lowest BCUT2D eigenvalue weighted by atomic mass is 10.1. The highest BCUT2D eigenvalue weighted by Crippen LogP contribution is 2.10. The molecule has 1 unspecified atom stereocenters. The van der Waals surface area contributed by atoms with Crippen LogP contribution in [0.2, 0.25) is 0 Å². The minimum atomic E-state index is -0.516. The maximum absolute atomic E-state index is 11.4. The van der Waals surface area contributed by atoms with Crippen molar-refractivity contribution in [1.82, 2.24) is 0 Å². The van der Waals surface area contributed by atoms with Crippen LogP contribution in [0.25, 0.3) is 0 Å². The number of carbonyl (C=O) groups excluding carboxylic acids is 2. The molecule has 0 spiro atoms. The normalized spacial score (nSPS) is 13.1. The zero-order chi connectivity index (χ0) is 14.1. The summed E-state index contributed by atoms with van der Waals surface area (Å²) in [5, 5.41) is 0. The van der Waals surface area contributed by atoms with Crippen molar-refractivity contribution in [3.8, 4) is 0 Å². The minimum absolute atomic E-state index is 0.117. The van der Waals surface area contributed by atoms with E-state index in [4.69, 9.17) is 9.47 Å². The van der Waals surface area contributed by atoms with Crippen LogP contribution in [-0.2, 0) is 19.1 Å². The van der Waals surface area contributed by atoms with Gasteiger partial charge in [-0.2, -0.15) is 0 Å². The summed E-state index contributed by atoms with van der Waals surface area (Å²) in [6, 6.07) is 0. The molecule has 18 heavy (non-hydrogen) atoms. The van der Waals surface area contributed by atoms with Gasteiger partial charge in [0.05, 0.1) is 6.61 Å². The Morgan fingerprint density at radius 3 is 2.06 bits per heavy atom. The van der Waals surface area contributed by atoms with Crippen LogP contribution in [0.3, 0.4) is 0 Å². The summed E-state index contributed by atoms with van der Waals surface area (Å²) in [5.74, 6) is -0.477. The van der Waals surface area contributed by atoms with Crippen LogP contribution >= 0.6 is 0 Å². The molecule has 0 amide bonds. The molecule has 0 rings (SSSR count). The Morgan fingerprint density at radius 1 is 1.06 bits per heavy atom. The highest BCUT2D eigenvalue weighted by Gasteiger charge is 2.14. The predicted molar refractivity (Wildman–Crippen MR) is 69.9 cm³/mol. The molecular weight excluding hydrogens is 232 g/mol. The number of ether oxygens (including phenoxy) is 2. The number of hydrogen-bond acceptors (Lipinski definition) is 4. The summed E-state index contributed by atoms with van der Waals surface area (Å²) in [4.78, 5) is 22.7. The Hall–Kier alpha value is -1.32. The van der Waals surface area contributed by atoms with E-state index in [1.165, 1.54) is 0 Å². The lowest BCUT2D eigenvalue weighted by Gasteiger charge is -2.18. The van der Waals surface area contributed by atoms with Gasteiger partial charge in [0.1, 0.15) is 6.10 Å². The SMILES string of the molecule is CCC(OC(=O)/C=C/C(=O)OCC(C)C)C(C)C. The quantitative estimate of drug-likeness (QED) is 0.519. The van der Waals surface area contributed by atoms with Crippen LogP contribution in [0, 0.1) is 11.8 Å². The summed E-state index contributed by atoms with van der Waals surface area (Å²) >= 11 is 0. The average Bonchev–Trinajstić information content (AvgIpc) is 2.30. The number of hydrogen-bond donors (Lipinski definition) is 0. The van der Waals surface area contributed by atoms with Gasteiger partial charge >= 0.3 is 11.9 Å². The monoisotopic (exact) mass is 256 g/mol. The molecule has 0 saturated heterocycles. The molecule has 0 aromatic heterocycles. The van der Waals surface area contributed by atoms with Gasteiger partial charge in [-0.05, 0) is 18.3 Å². The van der Waals surface area contributed by atoms with Gasteiger partial charge in [-0.3, -0.25) is 0 Å². The fraction of sp³-hybridized carbons (Fsp3) is 0.714. The van der Waals surface area contributed by atoms with E-state index in [0.29, 0.717) is 6.61 Å². The van der Waals surface area contributed by atoms with E-state index >= 15 is 0 Å². The first kappa shape index (κ1) is 16.7. The van der Waals surface area contributed by atoms with Gasteiger partial charge in [0.15, 0.2) is 0 Å². The lowest BCUT2D eigenvalue weighted by molar-refractivity contribution is -0.146. The molecule has 0 saturated carbocycles. The van der Waals surface area contributed by atoms with Crippen molar-refractivity contribution < 1.29 is 19.1 Å². The van der Waals surface area contributed by atoms with Gasteiger partial charge in [-0.1, -0.05) is 34.6 Å². The Balaban J connectivity index is 4.10. The Labute approximate surface area is 109 Å². The van der Waals surface area contributed by atoms with Crippen LogP contribution in [0.5, 0.6) is 0 Å². The van der Waals surface area contributed by atoms with Crippen LogP contribution in [0.15, 0.2) is 12.2 Å². The molecule has 104 valence electrons. The minimum Gasteiger partial charge on any atom is -0.462 e. The molecule has 4 nitrogen and oxygen atoms in total. The van der Waals surface area contributed by atoms with Crippen molar-refractivity contribution in [1.29, 1.82) is 0 Å². The molecule has 4 heteroatoms. The third kappa shape index (κ3) is 7.87. The van der Waals surface area contributed by atoms with Gasteiger partial charge in [0, 0.05) is 12.2 Å². The fourth-order valence-electron chi connectivity index (χ4n) is 1.31. The second-order valence-corrected chi connectivity index (χ2v) is 4.98. The molecule has 0 aliphatic heterocycles. The van der Waals surface area contributed by atoms with E-state index in [1.54, 1.807) is 0 Å². The molecule has 0 radical (unpaired) electrons. The molecule has 0 aliphatic carbocycles. The first-order valence-corrected chi connectivity index (χ1v) is 6.42. The molecule has 0 heterocycles. The first-order valence-electron chi connectivity index (χ1n) is 6.42. The summed E-state index contributed by atoms with van der Waals surface area (Å²) in [7, 11) is 0. The Morgan fingerprint density at radius 2 is 1.61 bits per heavy atom. The molecule has 0 aromatic rings. The number of rotatable bonds is 7. The highest BCUT2D eigenvalue weighted by molar-refractivity contribution is 5.91. The lowest BCUT2D eigenvalue weighted by Crippen LogP contribution is -2.21. The number of carbonyl (C=O) groups is 2. The third-order valence-electron chi connectivity index (χ3n) is 2.33. The van der Waals surface area contributed by atoms with Gasteiger partial charge in [0.25, 0.3) is 0 Å². The van der Waals surface area contributed by atoms with E-state index in [-0.39, 0.29) is 17.9 Å². The van der Waals surface area contributed by atoms with Crippen LogP contribution in [0.4, 0.5) is 0 Å². The summed E-state index contributed by atoms with van der Waals surface area (Å²) in [6.07, 6.45) is 2.87. The fourth-order valence-corrected chi connectivity index (χ4v) is 1.31.